The maximum Gasteiger partial charge on any atom is 0.276 e. The highest BCUT2D eigenvalue weighted by atomic mass is 32.1. The molecule has 0 aliphatic rings. The fraction of sp³-hybridized carbons (Fsp3) is 0.185. The molecule has 0 spiro atoms. The number of hydrogen-bond donors (Lipinski definition) is 2. The Morgan fingerprint density at radius 1 is 1.03 bits per heavy atom. The number of rotatable bonds is 8. The van der Waals surface area contributed by atoms with Gasteiger partial charge >= 0.3 is 0 Å². The topological polar surface area (TPSA) is 84.7 Å². The summed E-state index contributed by atoms with van der Waals surface area (Å²) in [5.74, 6) is 0.383. The highest BCUT2D eigenvalue weighted by Crippen LogP contribution is 2.29. The lowest BCUT2D eigenvalue weighted by atomic mass is 10.1. The molecule has 3 heterocycles. The normalized spacial score (nSPS) is 11.0. The van der Waals surface area contributed by atoms with Crippen molar-refractivity contribution in [2.45, 2.75) is 26.7 Å². The highest BCUT2D eigenvalue weighted by Gasteiger charge is 2.18. The van der Waals surface area contributed by atoms with Crippen LogP contribution in [-0.2, 0) is 0 Å². The van der Waals surface area contributed by atoms with Gasteiger partial charge in [0.25, 0.3) is 5.91 Å². The van der Waals surface area contributed by atoms with Gasteiger partial charge in [-0.3, -0.25) is 4.79 Å². The number of carbonyl (C=O) groups excluding carboxylic acids is 1. The van der Waals surface area contributed by atoms with Crippen LogP contribution in [0.2, 0.25) is 0 Å². The van der Waals surface area contributed by atoms with Crippen molar-refractivity contribution in [3.63, 3.8) is 0 Å². The minimum atomic E-state index is -0.275. The molecule has 2 aromatic carbocycles. The summed E-state index contributed by atoms with van der Waals surface area (Å²) in [6.07, 6.45) is 2.27. The first-order chi connectivity index (χ1) is 17.1. The minimum absolute atomic E-state index is 0.275. The molecule has 5 rings (SSSR count). The Kier molecular flexibility index (Phi) is 6.54. The van der Waals surface area contributed by atoms with E-state index in [0.717, 1.165) is 52.2 Å². The number of fused-ring (bicyclic) bond motifs is 1. The number of aromatic nitrogens is 4. The Labute approximate surface area is 207 Å². The summed E-state index contributed by atoms with van der Waals surface area (Å²) in [6, 6.07) is 21.3. The largest absolute Gasteiger partial charge is 0.385 e. The fourth-order valence-corrected chi connectivity index (χ4v) is 4.53. The first-order valence-electron chi connectivity index (χ1n) is 11.6. The number of thiazole rings is 1. The number of nitrogens with zero attached hydrogens (tertiary/aromatic N) is 4. The molecule has 0 bridgehead atoms. The molecule has 0 unspecified atom stereocenters. The number of amides is 1. The first kappa shape index (κ1) is 22.7. The van der Waals surface area contributed by atoms with Gasteiger partial charge in [-0.25, -0.2) is 14.6 Å². The molecule has 0 saturated heterocycles. The van der Waals surface area contributed by atoms with E-state index in [1.807, 2.05) is 73.1 Å². The molecule has 0 saturated carbocycles. The third kappa shape index (κ3) is 5.07. The van der Waals surface area contributed by atoms with Crippen molar-refractivity contribution in [3.05, 3.63) is 83.6 Å². The molecule has 7 nitrogen and oxygen atoms in total. The Hall–Kier alpha value is -4.04. The summed E-state index contributed by atoms with van der Waals surface area (Å²) in [6.45, 7) is 5.03. The minimum Gasteiger partial charge on any atom is -0.385 e. The van der Waals surface area contributed by atoms with Gasteiger partial charge in [0.15, 0.2) is 11.5 Å². The Morgan fingerprint density at radius 2 is 1.86 bits per heavy atom. The van der Waals surface area contributed by atoms with Crippen molar-refractivity contribution in [1.82, 2.24) is 19.7 Å². The molecule has 3 aromatic heterocycles. The SMILES string of the molecule is CCCCNc1ccc(NC(=O)c2cc(-c3ccc4ncsc4c3)n(-c3cccc(C)n3)n2)cc1. The van der Waals surface area contributed by atoms with E-state index >= 15 is 0 Å². The van der Waals surface area contributed by atoms with Gasteiger partial charge in [0.1, 0.15) is 0 Å². The monoisotopic (exact) mass is 482 g/mol. The van der Waals surface area contributed by atoms with Crippen molar-refractivity contribution in [2.24, 2.45) is 0 Å². The lowest BCUT2D eigenvalue weighted by molar-refractivity contribution is 0.102. The summed E-state index contributed by atoms with van der Waals surface area (Å²) >= 11 is 1.58. The van der Waals surface area contributed by atoms with Crippen LogP contribution in [-0.4, -0.2) is 32.2 Å². The van der Waals surface area contributed by atoms with E-state index in [2.05, 4.69) is 38.7 Å². The zero-order valence-corrected chi connectivity index (χ0v) is 20.5. The zero-order valence-electron chi connectivity index (χ0n) is 19.7. The number of anilines is 2. The maximum atomic E-state index is 13.1. The summed E-state index contributed by atoms with van der Waals surface area (Å²) < 4.78 is 2.80. The number of benzene rings is 2. The van der Waals surface area contributed by atoms with Crippen molar-refractivity contribution in [2.75, 3.05) is 17.2 Å². The van der Waals surface area contributed by atoms with Gasteiger partial charge in [-0.2, -0.15) is 5.10 Å². The smallest absolute Gasteiger partial charge is 0.276 e. The van der Waals surface area contributed by atoms with E-state index in [0.29, 0.717) is 17.2 Å². The summed E-state index contributed by atoms with van der Waals surface area (Å²) in [7, 11) is 0. The van der Waals surface area contributed by atoms with Gasteiger partial charge in [0.2, 0.25) is 0 Å². The van der Waals surface area contributed by atoms with Crippen LogP contribution in [0.3, 0.4) is 0 Å². The molecule has 2 N–H and O–H groups in total. The lowest BCUT2D eigenvalue weighted by Crippen LogP contribution is -2.13. The Bertz CT molecular complexity index is 1470. The Morgan fingerprint density at radius 3 is 2.66 bits per heavy atom. The summed E-state index contributed by atoms with van der Waals surface area (Å²) in [5.41, 5.74) is 7.46. The number of hydrogen-bond acceptors (Lipinski definition) is 6. The van der Waals surface area contributed by atoms with E-state index < -0.39 is 0 Å². The molecule has 0 aliphatic carbocycles. The summed E-state index contributed by atoms with van der Waals surface area (Å²) in [4.78, 5) is 22.1. The average molecular weight is 483 g/mol. The van der Waals surface area contributed by atoms with Crippen molar-refractivity contribution < 1.29 is 4.79 Å². The number of nitrogens with one attached hydrogen (secondary N) is 2. The van der Waals surface area contributed by atoms with Crippen LogP contribution in [0.5, 0.6) is 0 Å². The molecule has 0 fully saturated rings. The van der Waals surface area contributed by atoms with Crippen LogP contribution < -0.4 is 10.6 Å². The molecular formula is C27H26N6OS. The third-order valence-corrected chi connectivity index (χ3v) is 6.45. The van der Waals surface area contributed by atoms with Gasteiger partial charge in [-0.1, -0.05) is 25.5 Å². The molecule has 1 amide bonds. The molecule has 0 atom stereocenters. The number of unbranched alkanes of at least 4 members (excludes halogenated alkanes) is 1. The van der Waals surface area contributed by atoms with Gasteiger partial charge < -0.3 is 10.6 Å². The summed E-state index contributed by atoms with van der Waals surface area (Å²) in [5, 5.41) is 11.0. The van der Waals surface area contributed by atoms with E-state index in [-0.39, 0.29) is 5.91 Å². The Balaban J connectivity index is 1.45. The van der Waals surface area contributed by atoms with E-state index in [1.165, 1.54) is 0 Å². The van der Waals surface area contributed by atoms with Gasteiger partial charge in [-0.15, -0.1) is 11.3 Å². The first-order valence-corrected chi connectivity index (χ1v) is 12.5. The average Bonchev–Trinajstić information content (AvgIpc) is 3.52. The van der Waals surface area contributed by atoms with E-state index in [4.69, 9.17) is 0 Å². The van der Waals surface area contributed by atoms with Crippen molar-refractivity contribution in [3.8, 4) is 17.1 Å². The molecule has 35 heavy (non-hydrogen) atoms. The predicted molar refractivity (Wildman–Crippen MR) is 143 cm³/mol. The quantitative estimate of drug-likeness (QED) is 0.253. The van der Waals surface area contributed by atoms with Gasteiger partial charge in [-0.05, 0) is 67.9 Å². The fourth-order valence-electron chi connectivity index (χ4n) is 3.81. The standard InChI is InChI=1S/C27H26N6OS/c1-3-4-14-28-20-9-11-21(12-10-20)31-27(34)23-16-24(19-8-13-22-25(15-19)35-17-29-22)33(32-23)26-7-5-6-18(2)30-26/h5-13,15-17,28H,3-4,14H2,1-2H3,(H,31,34). The second-order valence-electron chi connectivity index (χ2n) is 8.31. The molecule has 176 valence electrons. The maximum absolute atomic E-state index is 13.1. The number of pyridine rings is 1. The molecular weight excluding hydrogens is 456 g/mol. The van der Waals surface area contributed by atoms with Crippen LogP contribution in [0, 0.1) is 6.92 Å². The van der Waals surface area contributed by atoms with Crippen molar-refractivity contribution >= 4 is 38.8 Å². The predicted octanol–water partition coefficient (Wildman–Crippen LogP) is 6.32. The molecule has 5 aromatic rings. The molecule has 0 aliphatic heterocycles. The number of carbonyl (C=O) groups is 1. The van der Waals surface area contributed by atoms with Crippen LogP contribution >= 0.6 is 11.3 Å². The molecule has 8 heteroatoms. The van der Waals surface area contributed by atoms with E-state index in [1.54, 1.807) is 16.0 Å². The van der Waals surface area contributed by atoms with Crippen LogP contribution in [0.15, 0.2) is 72.2 Å². The number of aryl methyl sites for hydroxylation is 1. The van der Waals surface area contributed by atoms with Gasteiger partial charge in [0, 0.05) is 29.2 Å². The van der Waals surface area contributed by atoms with Crippen LogP contribution in [0.25, 0.3) is 27.3 Å². The van der Waals surface area contributed by atoms with Crippen molar-refractivity contribution in [1.29, 1.82) is 0 Å². The van der Waals surface area contributed by atoms with Crippen LogP contribution in [0.1, 0.15) is 35.9 Å². The molecule has 0 radical (unpaired) electrons. The zero-order chi connectivity index (χ0) is 24.2. The lowest BCUT2D eigenvalue weighted by Gasteiger charge is -2.08. The second-order valence-corrected chi connectivity index (χ2v) is 9.20. The second kappa shape index (κ2) is 10.1. The third-order valence-electron chi connectivity index (χ3n) is 5.66. The highest BCUT2D eigenvalue weighted by molar-refractivity contribution is 7.16. The van der Waals surface area contributed by atoms with E-state index in [9.17, 15) is 4.79 Å². The van der Waals surface area contributed by atoms with Gasteiger partial charge in [0.05, 0.1) is 21.4 Å². The van der Waals surface area contributed by atoms with Crippen LogP contribution in [0.4, 0.5) is 11.4 Å².